The minimum atomic E-state index is -0.463. The fraction of sp³-hybridized carbons (Fsp3) is 0.0500. The number of halogens is 1. The molecule has 0 saturated heterocycles. The average molecular weight is 425 g/mol. The number of furan rings is 1. The van der Waals surface area contributed by atoms with Crippen molar-refractivity contribution in [2.75, 3.05) is 0 Å². The van der Waals surface area contributed by atoms with E-state index in [0.717, 1.165) is 11.1 Å². The van der Waals surface area contributed by atoms with Crippen molar-refractivity contribution in [3.05, 3.63) is 82.9 Å². The molecule has 0 fully saturated rings. The molecule has 0 aliphatic carbocycles. The summed E-state index contributed by atoms with van der Waals surface area (Å²) in [6, 6.07) is 20.6. The van der Waals surface area contributed by atoms with E-state index in [1.165, 1.54) is 0 Å². The monoisotopic (exact) mass is 424 g/mol. The molecule has 0 atom stereocenters. The largest absolute Gasteiger partial charge is 0.452 e. The van der Waals surface area contributed by atoms with Crippen molar-refractivity contribution >= 4 is 21.9 Å². The summed E-state index contributed by atoms with van der Waals surface area (Å²) in [7, 11) is 0. The van der Waals surface area contributed by atoms with Gasteiger partial charge in [-0.05, 0) is 51.3 Å². The van der Waals surface area contributed by atoms with Crippen molar-refractivity contribution in [3.63, 3.8) is 0 Å². The average Bonchev–Trinajstić information content (AvgIpc) is 3.36. The predicted molar refractivity (Wildman–Crippen MR) is 101 cm³/mol. The van der Waals surface area contributed by atoms with E-state index in [1.54, 1.807) is 24.3 Å². The molecule has 0 radical (unpaired) electrons. The van der Waals surface area contributed by atoms with E-state index in [2.05, 4.69) is 26.1 Å². The highest BCUT2D eigenvalue weighted by atomic mass is 79.9. The molecule has 0 spiro atoms. The Hall–Kier alpha value is -3.19. The smallest absolute Gasteiger partial charge is 0.338 e. The van der Waals surface area contributed by atoms with Crippen molar-refractivity contribution in [1.29, 1.82) is 0 Å². The lowest BCUT2D eigenvalue weighted by atomic mass is 10.0. The van der Waals surface area contributed by atoms with Gasteiger partial charge in [0.05, 0.1) is 5.56 Å². The van der Waals surface area contributed by atoms with Crippen LogP contribution >= 0.6 is 15.9 Å². The highest BCUT2D eigenvalue weighted by Gasteiger charge is 2.14. The Kier molecular flexibility index (Phi) is 4.84. The summed E-state index contributed by atoms with van der Waals surface area (Å²) < 4.78 is 16.6. The molecule has 2 aromatic carbocycles. The van der Waals surface area contributed by atoms with Gasteiger partial charge in [-0.1, -0.05) is 42.5 Å². The standard InChI is InChI=1S/C20H13BrN2O4/c21-17-11-10-16(26-17)19-23-22-18(27-19)12-25-20(24)15-8-6-14(7-9-15)13-4-2-1-3-5-13/h1-11H,12H2. The maximum absolute atomic E-state index is 12.2. The Balaban J connectivity index is 1.39. The zero-order valence-corrected chi connectivity index (χ0v) is 15.5. The molecule has 0 amide bonds. The number of esters is 1. The summed E-state index contributed by atoms with van der Waals surface area (Å²) in [5, 5.41) is 7.73. The quantitative estimate of drug-likeness (QED) is 0.413. The van der Waals surface area contributed by atoms with E-state index in [-0.39, 0.29) is 18.4 Å². The number of rotatable bonds is 5. The van der Waals surface area contributed by atoms with Crippen molar-refractivity contribution in [3.8, 4) is 22.8 Å². The second-order valence-electron chi connectivity index (χ2n) is 5.62. The Bertz CT molecular complexity index is 1060. The van der Waals surface area contributed by atoms with Crippen LogP contribution in [0, 0.1) is 0 Å². The third-order valence-corrected chi connectivity index (χ3v) is 4.23. The van der Waals surface area contributed by atoms with Gasteiger partial charge < -0.3 is 13.6 Å². The van der Waals surface area contributed by atoms with E-state index in [9.17, 15) is 4.79 Å². The topological polar surface area (TPSA) is 78.4 Å². The maximum Gasteiger partial charge on any atom is 0.338 e. The lowest BCUT2D eigenvalue weighted by molar-refractivity contribution is 0.0438. The van der Waals surface area contributed by atoms with Gasteiger partial charge in [0, 0.05) is 0 Å². The van der Waals surface area contributed by atoms with Gasteiger partial charge in [0.1, 0.15) is 0 Å². The van der Waals surface area contributed by atoms with Crippen LogP contribution in [0.15, 0.2) is 80.2 Å². The molecule has 2 aromatic heterocycles. The van der Waals surface area contributed by atoms with Crippen molar-refractivity contribution in [1.82, 2.24) is 10.2 Å². The molecule has 7 heteroatoms. The summed E-state index contributed by atoms with van der Waals surface area (Å²) in [5.74, 6) is 0.379. The molecule has 4 aromatic rings. The lowest BCUT2D eigenvalue weighted by Crippen LogP contribution is -2.05. The molecule has 0 aliphatic rings. The Morgan fingerprint density at radius 2 is 1.63 bits per heavy atom. The highest BCUT2D eigenvalue weighted by Crippen LogP contribution is 2.24. The minimum absolute atomic E-state index is 0.117. The zero-order chi connectivity index (χ0) is 18.6. The molecular formula is C20H13BrN2O4. The fourth-order valence-corrected chi connectivity index (χ4v) is 2.79. The molecule has 0 unspecified atom stereocenters. The summed E-state index contributed by atoms with van der Waals surface area (Å²) in [6.45, 7) is -0.117. The van der Waals surface area contributed by atoms with Gasteiger partial charge in [0.15, 0.2) is 17.0 Å². The number of benzene rings is 2. The lowest BCUT2D eigenvalue weighted by Gasteiger charge is -2.04. The molecule has 2 heterocycles. The van der Waals surface area contributed by atoms with Gasteiger partial charge >= 0.3 is 5.97 Å². The Labute approximate surface area is 162 Å². The van der Waals surface area contributed by atoms with Crippen LogP contribution in [0.2, 0.25) is 0 Å². The zero-order valence-electron chi connectivity index (χ0n) is 14.0. The van der Waals surface area contributed by atoms with Crippen LogP contribution in [0.1, 0.15) is 16.2 Å². The van der Waals surface area contributed by atoms with E-state index in [0.29, 0.717) is 16.0 Å². The van der Waals surface area contributed by atoms with Gasteiger partial charge in [-0.15, -0.1) is 10.2 Å². The predicted octanol–water partition coefficient (Wildman–Crippen LogP) is 5.12. The minimum Gasteiger partial charge on any atom is -0.452 e. The van der Waals surface area contributed by atoms with E-state index >= 15 is 0 Å². The third kappa shape index (κ3) is 3.98. The molecular weight excluding hydrogens is 412 g/mol. The number of hydrogen-bond donors (Lipinski definition) is 0. The number of carbonyl (C=O) groups is 1. The summed E-state index contributed by atoms with van der Waals surface area (Å²) >= 11 is 3.21. The second-order valence-corrected chi connectivity index (χ2v) is 6.41. The summed E-state index contributed by atoms with van der Waals surface area (Å²) in [4.78, 5) is 12.2. The first-order chi connectivity index (χ1) is 13.2. The van der Waals surface area contributed by atoms with E-state index in [4.69, 9.17) is 13.6 Å². The Morgan fingerprint density at radius 3 is 2.33 bits per heavy atom. The van der Waals surface area contributed by atoms with Gasteiger partial charge in [-0.3, -0.25) is 0 Å². The molecule has 6 nitrogen and oxygen atoms in total. The number of carbonyl (C=O) groups excluding carboxylic acids is 1. The van der Waals surface area contributed by atoms with Crippen molar-refractivity contribution < 1.29 is 18.4 Å². The first kappa shape index (κ1) is 17.2. The maximum atomic E-state index is 12.2. The Morgan fingerprint density at radius 1 is 0.889 bits per heavy atom. The van der Waals surface area contributed by atoms with Crippen LogP contribution in [0.25, 0.3) is 22.8 Å². The number of aromatic nitrogens is 2. The normalized spacial score (nSPS) is 10.7. The molecule has 0 bridgehead atoms. The van der Waals surface area contributed by atoms with Gasteiger partial charge in [-0.25, -0.2) is 4.79 Å². The first-order valence-electron chi connectivity index (χ1n) is 8.10. The molecule has 27 heavy (non-hydrogen) atoms. The number of hydrogen-bond acceptors (Lipinski definition) is 6. The fourth-order valence-electron chi connectivity index (χ4n) is 2.48. The van der Waals surface area contributed by atoms with Gasteiger partial charge in [0.2, 0.25) is 0 Å². The van der Waals surface area contributed by atoms with Gasteiger partial charge in [0.25, 0.3) is 11.8 Å². The van der Waals surface area contributed by atoms with E-state index < -0.39 is 5.97 Å². The molecule has 0 aliphatic heterocycles. The van der Waals surface area contributed by atoms with Crippen LogP contribution in [0.5, 0.6) is 0 Å². The summed E-state index contributed by atoms with van der Waals surface area (Å²) in [5.41, 5.74) is 2.56. The third-order valence-electron chi connectivity index (χ3n) is 3.81. The molecule has 0 N–H and O–H groups in total. The summed E-state index contributed by atoms with van der Waals surface area (Å²) in [6.07, 6.45) is 0. The van der Waals surface area contributed by atoms with Crippen molar-refractivity contribution in [2.24, 2.45) is 0 Å². The molecule has 0 saturated carbocycles. The number of ether oxygens (including phenoxy) is 1. The van der Waals surface area contributed by atoms with Crippen LogP contribution in [-0.2, 0) is 11.3 Å². The SMILES string of the molecule is O=C(OCc1nnc(-c2ccc(Br)o2)o1)c1ccc(-c2ccccc2)cc1. The molecule has 4 rings (SSSR count). The highest BCUT2D eigenvalue weighted by molar-refractivity contribution is 9.10. The van der Waals surface area contributed by atoms with Crippen LogP contribution < -0.4 is 0 Å². The van der Waals surface area contributed by atoms with Crippen LogP contribution in [-0.4, -0.2) is 16.2 Å². The van der Waals surface area contributed by atoms with Crippen LogP contribution in [0.3, 0.4) is 0 Å². The second kappa shape index (κ2) is 7.59. The van der Waals surface area contributed by atoms with E-state index in [1.807, 2.05) is 42.5 Å². The number of nitrogens with zero attached hydrogens (tertiary/aromatic N) is 2. The van der Waals surface area contributed by atoms with Gasteiger partial charge in [-0.2, -0.15) is 0 Å². The van der Waals surface area contributed by atoms with Crippen molar-refractivity contribution in [2.45, 2.75) is 6.61 Å². The first-order valence-corrected chi connectivity index (χ1v) is 8.89. The van der Waals surface area contributed by atoms with Crippen LogP contribution in [0.4, 0.5) is 0 Å². The molecule has 134 valence electrons.